The number of halogens is 2. The molecule has 1 heterocycles. The van der Waals surface area contributed by atoms with Crippen LogP contribution in [0.15, 0.2) is 6.07 Å². The highest BCUT2D eigenvalue weighted by Crippen LogP contribution is 2.29. The molecule has 0 saturated heterocycles. The van der Waals surface area contributed by atoms with Crippen LogP contribution < -0.4 is 5.73 Å². The van der Waals surface area contributed by atoms with Crippen LogP contribution in [0, 0.1) is 10.1 Å². The molecule has 0 atom stereocenters. The van der Waals surface area contributed by atoms with Gasteiger partial charge in [0.1, 0.15) is 12.1 Å². The minimum Gasteiger partial charge on any atom is -0.481 e. The van der Waals surface area contributed by atoms with Gasteiger partial charge in [-0.15, -0.1) is 0 Å². The Labute approximate surface area is 93.0 Å². The number of anilines is 1. The summed E-state index contributed by atoms with van der Waals surface area (Å²) in [6.45, 7) is 0. The SMILES string of the molecule is Nc1cc(C(F)F)c(CC(=O)O)nc1[N+](=O)[O-]. The predicted octanol–water partition coefficient (Wildman–Crippen LogP) is 1.14. The van der Waals surface area contributed by atoms with Gasteiger partial charge >= 0.3 is 11.8 Å². The van der Waals surface area contributed by atoms with Crippen molar-refractivity contribution in [3.8, 4) is 0 Å². The van der Waals surface area contributed by atoms with Crippen LogP contribution in [0.2, 0.25) is 0 Å². The Kier molecular flexibility index (Phi) is 3.51. The predicted molar refractivity (Wildman–Crippen MR) is 51.6 cm³/mol. The summed E-state index contributed by atoms with van der Waals surface area (Å²) in [5.74, 6) is -2.25. The van der Waals surface area contributed by atoms with E-state index in [1.165, 1.54) is 0 Å². The smallest absolute Gasteiger partial charge is 0.387 e. The Bertz CT molecular complexity index is 478. The van der Waals surface area contributed by atoms with E-state index < -0.39 is 46.5 Å². The summed E-state index contributed by atoms with van der Waals surface area (Å²) in [5.41, 5.74) is 3.37. The van der Waals surface area contributed by atoms with Crippen molar-refractivity contribution in [1.82, 2.24) is 4.98 Å². The third-order valence-electron chi connectivity index (χ3n) is 1.87. The Balaban J connectivity index is 3.36. The van der Waals surface area contributed by atoms with E-state index in [1.807, 2.05) is 0 Å². The average Bonchev–Trinajstić information content (AvgIpc) is 2.18. The zero-order chi connectivity index (χ0) is 13.2. The second-order valence-corrected chi connectivity index (χ2v) is 3.07. The van der Waals surface area contributed by atoms with E-state index in [0.717, 1.165) is 0 Å². The third-order valence-corrected chi connectivity index (χ3v) is 1.87. The molecule has 0 aromatic carbocycles. The molecule has 0 aliphatic rings. The van der Waals surface area contributed by atoms with Crippen molar-refractivity contribution in [2.45, 2.75) is 12.8 Å². The van der Waals surface area contributed by atoms with Gasteiger partial charge in [-0.25, -0.2) is 8.78 Å². The summed E-state index contributed by atoms with van der Waals surface area (Å²) in [4.78, 5) is 23.2. The maximum absolute atomic E-state index is 12.5. The Morgan fingerprint density at radius 3 is 2.65 bits per heavy atom. The summed E-state index contributed by atoms with van der Waals surface area (Å²) >= 11 is 0. The van der Waals surface area contributed by atoms with Crippen LogP contribution in [0.1, 0.15) is 17.7 Å². The minimum absolute atomic E-state index is 0.528. The van der Waals surface area contributed by atoms with Gasteiger partial charge in [-0.3, -0.25) is 4.79 Å². The number of hydrogen-bond donors (Lipinski definition) is 2. The lowest BCUT2D eigenvalue weighted by molar-refractivity contribution is -0.388. The number of hydrogen-bond acceptors (Lipinski definition) is 5. The van der Waals surface area contributed by atoms with Gasteiger partial charge in [-0.1, -0.05) is 0 Å². The molecule has 0 radical (unpaired) electrons. The molecular weight excluding hydrogens is 240 g/mol. The summed E-state index contributed by atoms with van der Waals surface area (Å²) in [7, 11) is 0. The fraction of sp³-hybridized carbons (Fsp3) is 0.250. The maximum Gasteiger partial charge on any atom is 0.387 e. The van der Waals surface area contributed by atoms with Crippen LogP contribution >= 0.6 is 0 Å². The molecule has 92 valence electrons. The van der Waals surface area contributed by atoms with E-state index in [4.69, 9.17) is 10.8 Å². The first-order valence-electron chi connectivity index (χ1n) is 4.26. The van der Waals surface area contributed by atoms with Crippen molar-refractivity contribution in [3.05, 3.63) is 27.4 Å². The number of carboxylic acid groups (broad SMARTS) is 1. The van der Waals surface area contributed by atoms with E-state index in [1.54, 1.807) is 0 Å². The molecule has 1 rings (SSSR count). The van der Waals surface area contributed by atoms with Gasteiger partial charge in [0.2, 0.25) is 0 Å². The van der Waals surface area contributed by atoms with Crippen molar-refractivity contribution in [2.24, 2.45) is 0 Å². The van der Waals surface area contributed by atoms with Crippen LogP contribution in [0.4, 0.5) is 20.3 Å². The standard InChI is InChI=1S/C8H7F2N3O4/c9-7(10)3-1-4(11)8(13(16)17)12-5(3)2-6(14)15/h1,7H,2,11H2,(H,14,15). The fourth-order valence-electron chi connectivity index (χ4n) is 1.19. The van der Waals surface area contributed by atoms with E-state index in [9.17, 15) is 23.7 Å². The van der Waals surface area contributed by atoms with E-state index in [-0.39, 0.29) is 0 Å². The van der Waals surface area contributed by atoms with Gasteiger partial charge in [0.05, 0.1) is 5.56 Å². The summed E-state index contributed by atoms with van der Waals surface area (Å²) in [5, 5.41) is 19.0. The second kappa shape index (κ2) is 4.68. The van der Waals surface area contributed by atoms with E-state index >= 15 is 0 Å². The molecule has 1 aromatic rings. The highest BCUT2D eigenvalue weighted by Gasteiger charge is 2.26. The van der Waals surface area contributed by atoms with Crippen molar-refractivity contribution < 1.29 is 23.6 Å². The molecule has 0 spiro atoms. The Hall–Kier alpha value is -2.32. The molecule has 1 aromatic heterocycles. The lowest BCUT2D eigenvalue weighted by Gasteiger charge is -2.04. The quantitative estimate of drug-likeness (QED) is 0.608. The molecule has 0 bridgehead atoms. The molecule has 3 N–H and O–H groups in total. The number of nitrogens with zero attached hydrogens (tertiary/aromatic N) is 2. The summed E-state index contributed by atoms with van der Waals surface area (Å²) in [6, 6.07) is 0.675. The summed E-state index contributed by atoms with van der Waals surface area (Å²) < 4.78 is 25.1. The highest BCUT2D eigenvalue weighted by atomic mass is 19.3. The number of carbonyl (C=O) groups is 1. The van der Waals surface area contributed by atoms with Crippen molar-refractivity contribution in [2.75, 3.05) is 5.73 Å². The van der Waals surface area contributed by atoms with Crippen LogP contribution in [-0.2, 0) is 11.2 Å². The fourth-order valence-corrected chi connectivity index (χ4v) is 1.19. The molecular formula is C8H7F2N3O4. The molecule has 9 heteroatoms. The first-order valence-corrected chi connectivity index (χ1v) is 4.26. The molecule has 0 fully saturated rings. The van der Waals surface area contributed by atoms with Crippen LogP contribution in [0.25, 0.3) is 0 Å². The number of aromatic nitrogens is 1. The first-order chi connectivity index (χ1) is 7.82. The van der Waals surface area contributed by atoms with Crippen molar-refractivity contribution >= 4 is 17.5 Å². The molecule has 7 nitrogen and oxygen atoms in total. The number of nitro groups is 1. The van der Waals surface area contributed by atoms with Gasteiger partial charge in [-0.2, -0.15) is 0 Å². The number of nitrogens with two attached hydrogens (primary N) is 1. The summed E-state index contributed by atoms with van der Waals surface area (Å²) in [6.07, 6.45) is -3.83. The zero-order valence-corrected chi connectivity index (χ0v) is 8.26. The van der Waals surface area contributed by atoms with Crippen LogP contribution in [0.5, 0.6) is 0 Å². The van der Waals surface area contributed by atoms with E-state index in [0.29, 0.717) is 6.07 Å². The number of carboxylic acids is 1. The van der Waals surface area contributed by atoms with Crippen molar-refractivity contribution in [3.63, 3.8) is 0 Å². The van der Waals surface area contributed by atoms with E-state index in [2.05, 4.69) is 4.98 Å². The van der Waals surface area contributed by atoms with Crippen molar-refractivity contribution in [1.29, 1.82) is 0 Å². The maximum atomic E-state index is 12.5. The minimum atomic E-state index is -3.00. The zero-order valence-electron chi connectivity index (χ0n) is 8.26. The number of pyridine rings is 1. The van der Waals surface area contributed by atoms with Gasteiger partial charge in [0.25, 0.3) is 6.43 Å². The van der Waals surface area contributed by atoms with Gasteiger partial charge < -0.3 is 21.0 Å². The molecule has 17 heavy (non-hydrogen) atoms. The first kappa shape index (κ1) is 12.7. The molecule has 0 amide bonds. The topological polar surface area (TPSA) is 119 Å². The van der Waals surface area contributed by atoms with Crippen LogP contribution in [-0.4, -0.2) is 21.0 Å². The lowest BCUT2D eigenvalue weighted by atomic mass is 10.1. The van der Waals surface area contributed by atoms with Crippen LogP contribution in [0.3, 0.4) is 0 Å². The molecule has 0 aliphatic carbocycles. The number of aliphatic carboxylic acids is 1. The number of alkyl halides is 2. The largest absolute Gasteiger partial charge is 0.481 e. The molecule has 0 saturated carbocycles. The highest BCUT2D eigenvalue weighted by molar-refractivity contribution is 5.71. The lowest BCUT2D eigenvalue weighted by Crippen LogP contribution is -2.10. The second-order valence-electron chi connectivity index (χ2n) is 3.07. The Morgan fingerprint density at radius 2 is 2.24 bits per heavy atom. The number of rotatable bonds is 4. The van der Waals surface area contributed by atoms with Gasteiger partial charge in [0.15, 0.2) is 5.69 Å². The third kappa shape index (κ3) is 2.83. The molecule has 0 aliphatic heterocycles. The average molecular weight is 247 g/mol. The normalized spacial score (nSPS) is 10.5. The Morgan fingerprint density at radius 1 is 1.65 bits per heavy atom. The van der Waals surface area contributed by atoms with Gasteiger partial charge in [-0.05, 0) is 16.0 Å². The monoisotopic (exact) mass is 247 g/mol. The number of nitrogen functional groups attached to an aromatic ring is 1. The molecule has 0 unspecified atom stereocenters. The van der Waals surface area contributed by atoms with Gasteiger partial charge in [0, 0.05) is 0 Å².